The molecule has 0 radical (unpaired) electrons. The fourth-order valence-electron chi connectivity index (χ4n) is 3.36. The fourth-order valence-corrected chi connectivity index (χ4v) is 3.36. The van der Waals surface area contributed by atoms with Gasteiger partial charge in [-0.25, -0.2) is 8.78 Å². The van der Waals surface area contributed by atoms with Gasteiger partial charge in [-0.3, -0.25) is 14.9 Å². The van der Waals surface area contributed by atoms with Gasteiger partial charge in [-0.1, -0.05) is 24.3 Å². The van der Waals surface area contributed by atoms with E-state index in [1.165, 1.54) is 29.0 Å². The van der Waals surface area contributed by atoms with Gasteiger partial charge in [0.2, 0.25) is 0 Å². The number of nitro benzene ring substituents is 1. The number of rotatable bonds is 5. The molecule has 0 aliphatic heterocycles. The van der Waals surface area contributed by atoms with Crippen LogP contribution in [0.2, 0.25) is 0 Å². The second-order valence-electron chi connectivity index (χ2n) is 6.58. The van der Waals surface area contributed by atoms with E-state index < -0.39 is 22.0 Å². The number of halogens is 2. The highest BCUT2D eigenvalue weighted by molar-refractivity contribution is 5.79. The predicted molar refractivity (Wildman–Crippen MR) is 104 cm³/mol. The molecule has 0 spiro atoms. The number of aromatic nitrogens is 2. The molecule has 0 saturated heterocycles. The average molecular weight is 395 g/mol. The van der Waals surface area contributed by atoms with Gasteiger partial charge in [0.05, 0.1) is 23.6 Å². The number of hydrogen-bond acceptors (Lipinski definition) is 3. The molecule has 2 aromatic heterocycles. The largest absolute Gasteiger partial charge is 0.338 e. The second-order valence-corrected chi connectivity index (χ2v) is 6.58. The molecule has 4 aromatic rings. The van der Waals surface area contributed by atoms with E-state index in [2.05, 4.69) is 0 Å². The van der Waals surface area contributed by atoms with E-state index in [1.807, 2.05) is 0 Å². The monoisotopic (exact) mass is 395 g/mol. The summed E-state index contributed by atoms with van der Waals surface area (Å²) in [6.07, 6.45) is 3.14. The van der Waals surface area contributed by atoms with E-state index in [0.29, 0.717) is 16.5 Å². The zero-order chi connectivity index (χ0) is 20.5. The third kappa shape index (κ3) is 3.40. The maximum absolute atomic E-state index is 14.2. The molecule has 0 bridgehead atoms. The van der Waals surface area contributed by atoms with Crippen LogP contribution in [-0.4, -0.2) is 14.1 Å². The van der Waals surface area contributed by atoms with Gasteiger partial charge < -0.3 is 9.13 Å². The molecule has 146 valence electrons. The molecule has 0 saturated carbocycles. The zero-order valence-electron chi connectivity index (χ0n) is 15.1. The van der Waals surface area contributed by atoms with Crippen molar-refractivity contribution >= 4 is 16.6 Å². The van der Waals surface area contributed by atoms with Crippen molar-refractivity contribution in [3.63, 3.8) is 0 Å². The van der Waals surface area contributed by atoms with Gasteiger partial charge >= 0.3 is 0 Å². The summed E-state index contributed by atoms with van der Waals surface area (Å²) in [6.45, 7) is -0.141. The SMILES string of the molecule is O=c1c2c(ccn1Cc1c(F)cccc1[N+](=O)[O-])ccn2Cc1ccccc1F. The van der Waals surface area contributed by atoms with E-state index >= 15 is 0 Å². The van der Waals surface area contributed by atoms with Crippen molar-refractivity contribution in [2.45, 2.75) is 13.1 Å². The topological polar surface area (TPSA) is 70.1 Å². The summed E-state index contributed by atoms with van der Waals surface area (Å²) in [6, 6.07) is 13.2. The first kappa shape index (κ1) is 18.5. The van der Waals surface area contributed by atoms with Gasteiger partial charge in [0.1, 0.15) is 17.2 Å². The summed E-state index contributed by atoms with van der Waals surface area (Å²) in [4.78, 5) is 23.6. The molecule has 2 heterocycles. The minimum absolute atomic E-state index is 0.148. The third-order valence-electron chi connectivity index (χ3n) is 4.81. The Labute approximate surface area is 163 Å². The molecule has 0 atom stereocenters. The third-order valence-corrected chi connectivity index (χ3v) is 4.81. The first-order chi connectivity index (χ1) is 14.0. The Morgan fingerprint density at radius 1 is 0.862 bits per heavy atom. The van der Waals surface area contributed by atoms with E-state index in [0.717, 1.165) is 6.07 Å². The van der Waals surface area contributed by atoms with Crippen LogP contribution in [0.1, 0.15) is 11.1 Å². The number of hydrogen-bond donors (Lipinski definition) is 0. The average Bonchev–Trinajstić information content (AvgIpc) is 3.10. The van der Waals surface area contributed by atoms with Crippen molar-refractivity contribution in [2.24, 2.45) is 0 Å². The molecule has 8 heteroatoms. The van der Waals surface area contributed by atoms with Crippen LogP contribution in [0.4, 0.5) is 14.5 Å². The van der Waals surface area contributed by atoms with Crippen molar-refractivity contribution in [3.05, 3.63) is 110 Å². The van der Waals surface area contributed by atoms with Gasteiger partial charge in [0.15, 0.2) is 0 Å². The molecule has 0 amide bonds. The van der Waals surface area contributed by atoms with Crippen LogP contribution in [0.5, 0.6) is 0 Å². The van der Waals surface area contributed by atoms with Crippen LogP contribution in [0.3, 0.4) is 0 Å². The molecular weight excluding hydrogens is 380 g/mol. The summed E-state index contributed by atoms with van der Waals surface area (Å²) in [5, 5.41) is 11.9. The zero-order valence-corrected chi connectivity index (χ0v) is 15.1. The molecule has 0 aliphatic carbocycles. The van der Waals surface area contributed by atoms with Crippen LogP contribution in [0.15, 0.2) is 71.8 Å². The first-order valence-corrected chi connectivity index (χ1v) is 8.79. The molecule has 0 N–H and O–H groups in total. The summed E-state index contributed by atoms with van der Waals surface area (Å²) < 4.78 is 31.1. The van der Waals surface area contributed by atoms with E-state index in [-0.39, 0.29) is 24.5 Å². The van der Waals surface area contributed by atoms with Crippen molar-refractivity contribution in [3.8, 4) is 0 Å². The van der Waals surface area contributed by atoms with E-state index in [1.54, 1.807) is 41.1 Å². The minimum atomic E-state index is -0.757. The first-order valence-electron chi connectivity index (χ1n) is 8.79. The maximum atomic E-state index is 14.2. The van der Waals surface area contributed by atoms with Crippen molar-refractivity contribution in [1.82, 2.24) is 9.13 Å². The number of nitro groups is 1. The number of fused-ring (bicyclic) bond motifs is 1. The normalized spacial score (nSPS) is 11.1. The lowest BCUT2D eigenvalue weighted by Gasteiger charge is -2.10. The van der Waals surface area contributed by atoms with E-state index in [9.17, 15) is 23.7 Å². The Hall–Kier alpha value is -3.81. The summed E-state index contributed by atoms with van der Waals surface area (Å²) in [5.74, 6) is -1.14. The van der Waals surface area contributed by atoms with Crippen molar-refractivity contribution in [1.29, 1.82) is 0 Å². The lowest BCUT2D eigenvalue weighted by molar-refractivity contribution is -0.385. The molecule has 0 aliphatic rings. The molecule has 6 nitrogen and oxygen atoms in total. The Balaban J connectivity index is 1.79. The van der Waals surface area contributed by atoms with Crippen LogP contribution in [-0.2, 0) is 13.1 Å². The van der Waals surface area contributed by atoms with Crippen LogP contribution >= 0.6 is 0 Å². The van der Waals surface area contributed by atoms with E-state index in [4.69, 9.17) is 0 Å². The fraction of sp³-hybridized carbons (Fsp3) is 0.0952. The number of benzene rings is 2. The molecule has 4 rings (SSSR count). The number of pyridine rings is 1. The van der Waals surface area contributed by atoms with Crippen molar-refractivity contribution < 1.29 is 13.7 Å². The van der Waals surface area contributed by atoms with Crippen LogP contribution < -0.4 is 5.56 Å². The predicted octanol–water partition coefficient (Wildman–Crippen LogP) is 4.09. The molecule has 0 fully saturated rings. The molecule has 0 unspecified atom stereocenters. The smallest absolute Gasteiger partial charge is 0.277 e. The summed E-state index contributed by atoms with van der Waals surface area (Å²) in [7, 11) is 0. The Morgan fingerprint density at radius 2 is 1.55 bits per heavy atom. The van der Waals surface area contributed by atoms with Crippen LogP contribution in [0.25, 0.3) is 10.9 Å². The quantitative estimate of drug-likeness (QED) is 0.378. The molecule has 2 aromatic carbocycles. The van der Waals surface area contributed by atoms with Gasteiger partial charge in [0.25, 0.3) is 11.2 Å². The summed E-state index contributed by atoms with van der Waals surface area (Å²) in [5.41, 5.74) is -0.273. The highest BCUT2D eigenvalue weighted by Crippen LogP contribution is 2.22. The number of nitrogens with zero attached hydrogens (tertiary/aromatic N) is 3. The highest BCUT2D eigenvalue weighted by Gasteiger charge is 2.19. The van der Waals surface area contributed by atoms with Crippen molar-refractivity contribution in [2.75, 3.05) is 0 Å². The standard InChI is InChI=1S/C21H15F2N3O3/c22-17-5-2-1-4-15(17)12-24-10-8-14-9-11-25(21(27)20(14)24)13-16-18(23)6-3-7-19(16)26(28)29/h1-11H,12-13H2. The maximum Gasteiger partial charge on any atom is 0.277 e. The Kier molecular flexibility index (Phi) is 4.67. The van der Waals surface area contributed by atoms with Gasteiger partial charge in [-0.2, -0.15) is 0 Å². The lowest BCUT2D eigenvalue weighted by atomic mass is 10.1. The molecular formula is C21H15F2N3O3. The Bertz CT molecular complexity index is 1290. The summed E-state index contributed by atoms with van der Waals surface area (Å²) >= 11 is 0. The Morgan fingerprint density at radius 3 is 2.28 bits per heavy atom. The van der Waals surface area contributed by atoms with Gasteiger partial charge in [0, 0.05) is 29.4 Å². The van der Waals surface area contributed by atoms with Gasteiger partial charge in [-0.05, 0) is 24.3 Å². The van der Waals surface area contributed by atoms with Crippen LogP contribution in [0, 0.1) is 21.7 Å². The molecule has 29 heavy (non-hydrogen) atoms. The highest BCUT2D eigenvalue weighted by atomic mass is 19.1. The second kappa shape index (κ2) is 7.31. The van der Waals surface area contributed by atoms with Gasteiger partial charge in [-0.15, -0.1) is 0 Å². The minimum Gasteiger partial charge on any atom is -0.338 e. The lowest BCUT2D eigenvalue weighted by Crippen LogP contribution is -2.23.